The molecule has 0 spiro atoms. The van der Waals surface area contributed by atoms with Gasteiger partial charge in [-0.15, -0.1) is 0 Å². The standard InChI is InChI=1S/C14H13BrO2/c1-10-7-12(15)6-5-11(10)9-17-14-4-2-3-13(16)8-14/h2-8,16H,9H2,1H3. The predicted molar refractivity (Wildman–Crippen MR) is 71.3 cm³/mol. The molecule has 2 aromatic carbocycles. The van der Waals surface area contributed by atoms with E-state index in [0.29, 0.717) is 12.4 Å². The average Bonchev–Trinajstić information content (AvgIpc) is 2.28. The number of rotatable bonds is 3. The monoisotopic (exact) mass is 292 g/mol. The Morgan fingerprint density at radius 2 is 2.00 bits per heavy atom. The van der Waals surface area contributed by atoms with E-state index in [1.165, 1.54) is 5.56 Å². The highest BCUT2D eigenvalue weighted by atomic mass is 79.9. The summed E-state index contributed by atoms with van der Waals surface area (Å²) in [4.78, 5) is 0. The van der Waals surface area contributed by atoms with Gasteiger partial charge in [-0.2, -0.15) is 0 Å². The first-order chi connectivity index (χ1) is 8.15. The number of hydrogen-bond acceptors (Lipinski definition) is 2. The Morgan fingerprint density at radius 3 is 2.71 bits per heavy atom. The van der Waals surface area contributed by atoms with Crippen molar-refractivity contribution in [1.82, 2.24) is 0 Å². The third kappa shape index (κ3) is 3.24. The van der Waals surface area contributed by atoms with Gasteiger partial charge in [0.25, 0.3) is 0 Å². The van der Waals surface area contributed by atoms with Crippen molar-refractivity contribution in [3.05, 3.63) is 58.1 Å². The second-order valence-corrected chi connectivity index (χ2v) is 4.77. The molecule has 0 fully saturated rings. The van der Waals surface area contributed by atoms with Gasteiger partial charge in [-0.25, -0.2) is 0 Å². The molecule has 0 radical (unpaired) electrons. The summed E-state index contributed by atoms with van der Waals surface area (Å²) in [6, 6.07) is 12.9. The number of aryl methyl sites for hydroxylation is 1. The van der Waals surface area contributed by atoms with Gasteiger partial charge < -0.3 is 9.84 Å². The number of benzene rings is 2. The zero-order chi connectivity index (χ0) is 12.3. The van der Waals surface area contributed by atoms with Crippen LogP contribution in [0.25, 0.3) is 0 Å². The maximum Gasteiger partial charge on any atom is 0.123 e. The first-order valence-electron chi connectivity index (χ1n) is 5.32. The van der Waals surface area contributed by atoms with E-state index in [-0.39, 0.29) is 5.75 Å². The van der Waals surface area contributed by atoms with E-state index >= 15 is 0 Å². The first kappa shape index (κ1) is 12.0. The highest BCUT2D eigenvalue weighted by Gasteiger charge is 2.01. The maximum absolute atomic E-state index is 9.32. The summed E-state index contributed by atoms with van der Waals surface area (Å²) in [5, 5.41) is 9.32. The molecule has 0 atom stereocenters. The Balaban J connectivity index is 2.07. The molecule has 2 aromatic rings. The van der Waals surface area contributed by atoms with Crippen molar-refractivity contribution in [2.75, 3.05) is 0 Å². The number of halogens is 1. The van der Waals surface area contributed by atoms with Crippen molar-refractivity contribution in [2.24, 2.45) is 0 Å². The molecule has 0 aromatic heterocycles. The van der Waals surface area contributed by atoms with Crippen molar-refractivity contribution >= 4 is 15.9 Å². The Kier molecular flexibility index (Phi) is 3.69. The number of ether oxygens (including phenoxy) is 1. The quantitative estimate of drug-likeness (QED) is 0.925. The van der Waals surface area contributed by atoms with E-state index in [2.05, 4.69) is 22.0 Å². The fraction of sp³-hybridized carbons (Fsp3) is 0.143. The van der Waals surface area contributed by atoms with E-state index in [4.69, 9.17) is 4.74 Å². The molecule has 0 aliphatic carbocycles. The molecule has 0 aliphatic heterocycles. The van der Waals surface area contributed by atoms with Crippen LogP contribution in [0.1, 0.15) is 11.1 Å². The zero-order valence-corrected chi connectivity index (χ0v) is 11.1. The lowest BCUT2D eigenvalue weighted by molar-refractivity contribution is 0.303. The molecule has 0 saturated heterocycles. The Hall–Kier alpha value is -1.48. The van der Waals surface area contributed by atoms with Crippen LogP contribution in [0.4, 0.5) is 0 Å². The van der Waals surface area contributed by atoms with Crippen LogP contribution in [-0.4, -0.2) is 5.11 Å². The fourth-order valence-corrected chi connectivity index (χ4v) is 2.03. The molecule has 17 heavy (non-hydrogen) atoms. The molecule has 0 saturated carbocycles. The minimum Gasteiger partial charge on any atom is -0.508 e. The normalized spacial score (nSPS) is 10.2. The summed E-state index contributed by atoms with van der Waals surface area (Å²) < 4.78 is 6.68. The van der Waals surface area contributed by atoms with Gasteiger partial charge in [0.1, 0.15) is 18.1 Å². The van der Waals surface area contributed by atoms with Gasteiger partial charge in [-0.05, 0) is 42.3 Å². The second kappa shape index (κ2) is 5.23. The lowest BCUT2D eigenvalue weighted by Gasteiger charge is -2.09. The molecule has 0 heterocycles. The molecule has 0 amide bonds. The van der Waals surface area contributed by atoms with Crippen molar-refractivity contribution < 1.29 is 9.84 Å². The summed E-state index contributed by atoms with van der Waals surface area (Å²) in [7, 11) is 0. The number of phenols is 1. The Labute approximate surface area is 109 Å². The maximum atomic E-state index is 9.32. The largest absolute Gasteiger partial charge is 0.508 e. The van der Waals surface area contributed by atoms with Crippen LogP contribution in [0.15, 0.2) is 46.9 Å². The van der Waals surface area contributed by atoms with E-state index in [1.54, 1.807) is 18.2 Å². The summed E-state index contributed by atoms with van der Waals surface area (Å²) in [5.41, 5.74) is 2.32. The minimum absolute atomic E-state index is 0.218. The van der Waals surface area contributed by atoms with Gasteiger partial charge in [0.05, 0.1) is 0 Å². The van der Waals surface area contributed by atoms with Gasteiger partial charge in [0, 0.05) is 10.5 Å². The molecule has 0 aliphatic rings. The third-order valence-electron chi connectivity index (χ3n) is 2.52. The summed E-state index contributed by atoms with van der Waals surface area (Å²) >= 11 is 3.43. The molecule has 3 heteroatoms. The van der Waals surface area contributed by atoms with Gasteiger partial charge in [0.15, 0.2) is 0 Å². The SMILES string of the molecule is Cc1cc(Br)ccc1COc1cccc(O)c1. The molecule has 1 N–H and O–H groups in total. The van der Waals surface area contributed by atoms with Crippen LogP contribution in [0.3, 0.4) is 0 Å². The molecular formula is C14H13BrO2. The van der Waals surface area contributed by atoms with Crippen LogP contribution in [-0.2, 0) is 6.61 Å². The molecule has 0 bridgehead atoms. The average molecular weight is 293 g/mol. The van der Waals surface area contributed by atoms with Crippen LogP contribution < -0.4 is 4.74 Å². The predicted octanol–water partition coefficient (Wildman–Crippen LogP) is 4.04. The van der Waals surface area contributed by atoms with Crippen molar-refractivity contribution in [2.45, 2.75) is 13.5 Å². The number of phenolic OH excluding ortho intramolecular Hbond substituents is 1. The van der Waals surface area contributed by atoms with Crippen LogP contribution >= 0.6 is 15.9 Å². The highest BCUT2D eigenvalue weighted by molar-refractivity contribution is 9.10. The zero-order valence-electron chi connectivity index (χ0n) is 9.48. The van der Waals surface area contributed by atoms with Crippen molar-refractivity contribution in [3.8, 4) is 11.5 Å². The lowest BCUT2D eigenvalue weighted by atomic mass is 10.1. The van der Waals surface area contributed by atoms with E-state index in [1.807, 2.05) is 25.1 Å². The summed E-state index contributed by atoms with van der Waals surface area (Å²) in [5.74, 6) is 0.891. The topological polar surface area (TPSA) is 29.5 Å². The Bertz CT molecular complexity index is 523. The van der Waals surface area contributed by atoms with Gasteiger partial charge in [-0.3, -0.25) is 0 Å². The second-order valence-electron chi connectivity index (χ2n) is 3.86. The smallest absolute Gasteiger partial charge is 0.123 e. The number of aromatic hydroxyl groups is 1. The fourth-order valence-electron chi connectivity index (χ4n) is 1.56. The molecule has 0 unspecified atom stereocenters. The van der Waals surface area contributed by atoms with Crippen LogP contribution in [0.5, 0.6) is 11.5 Å². The van der Waals surface area contributed by atoms with E-state index < -0.39 is 0 Å². The number of hydrogen-bond donors (Lipinski definition) is 1. The van der Waals surface area contributed by atoms with Crippen LogP contribution in [0.2, 0.25) is 0 Å². The van der Waals surface area contributed by atoms with Gasteiger partial charge in [0.2, 0.25) is 0 Å². The van der Waals surface area contributed by atoms with E-state index in [9.17, 15) is 5.11 Å². The molecule has 2 nitrogen and oxygen atoms in total. The van der Waals surface area contributed by atoms with Crippen molar-refractivity contribution in [3.63, 3.8) is 0 Å². The Morgan fingerprint density at radius 1 is 1.18 bits per heavy atom. The third-order valence-corrected chi connectivity index (χ3v) is 3.01. The highest BCUT2D eigenvalue weighted by Crippen LogP contribution is 2.21. The van der Waals surface area contributed by atoms with Crippen molar-refractivity contribution in [1.29, 1.82) is 0 Å². The van der Waals surface area contributed by atoms with Gasteiger partial charge >= 0.3 is 0 Å². The van der Waals surface area contributed by atoms with Crippen LogP contribution in [0, 0.1) is 6.92 Å². The molecule has 2 rings (SSSR count). The van der Waals surface area contributed by atoms with Gasteiger partial charge in [-0.1, -0.05) is 28.1 Å². The minimum atomic E-state index is 0.218. The lowest BCUT2D eigenvalue weighted by Crippen LogP contribution is -1.97. The summed E-state index contributed by atoms with van der Waals surface area (Å²) in [6.07, 6.45) is 0. The first-order valence-corrected chi connectivity index (χ1v) is 6.11. The summed E-state index contributed by atoms with van der Waals surface area (Å²) in [6.45, 7) is 2.55. The molecule has 88 valence electrons. The molecular weight excluding hydrogens is 280 g/mol. The van der Waals surface area contributed by atoms with E-state index in [0.717, 1.165) is 10.0 Å².